The average molecular weight is 277 g/mol. The molecule has 4 heteroatoms. The Morgan fingerprint density at radius 3 is 2.35 bits per heavy atom. The summed E-state index contributed by atoms with van der Waals surface area (Å²) in [6, 6.07) is 8.04. The Balaban J connectivity index is 2.21. The molecule has 0 spiro atoms. The van der Waals surface area contributed by atoms with Gasteiger partial charge in [0.05, 0.1) is 13.2 Å². The van der Waals surface area contributed by atoms with E-state index in [1.54, 1.807) is 0 Å². The van der Waals surface area contributed by atoms with Gasteiger partial charge in [-0.15, -0.1) is 0 Å². The van der Waals surface area contributed by atoms with Crippen LogP contribution in [0.3, 0.4) is 0 Å². The van der Waals surface area contributed by atoms with E-state index >= 15 is 0 Å². The molecule has 1 aromatic rings. The molecule has 1 unspecified atom stereocenters. The number of esters is 1. The minimum absolute atomic E-state index is 0.137. The van der Waals surface area contributed by atoms with Crippen molar-refractivity contribution in [1.82, 2.24) is 5.32 Å². The van der Waals surface area contributed by atoms with Crippen molar-refractivity contribution >= 4 is 5.97 Å². The van der Waals surface area contributed by atoms with Crippen LogP contribution in [0.4, 0.5) is 0 Å². The zero-order valence-electron chi connectivity index (χ0n) is 12.6. The first kappa shape index (κ1) is 14.9. The van der Waals surface area contributed by atoms with Crippen molar-refractivity contribution in [2.75, 3.05) is 7.11 Å². The van der Waals surface area contributed by atoms with Crippen molar-refractivity contribution in [2.24, 2.45) is 0 Å². The highest BCUT2D eigenvalue weighted by Gasteiger charge is 2.40. The Hall–Kier alpha value is -1.55. The van der Waals surface area contributed by atoms with Gasteiger partial charge < -0.3 is 9.47 Å². The maximum atomic E-state index is 12.1. The lowest BCUT2D eigenvalue weighted by Gasteiger charge is -2.29. The molecular weight excluding hydrogens is 254 g/mol. The Bertz CT molecular complexity index is 465. The highest BCUT2D eigenvalue weighted by molar-refractivity contribution is 5.82. The van der Waals surface area contributed by atoms with Crippen LogP contribution >= 0.6 is 0 Å². The van der Waals surface area contributed by atoms with Gasteiger partial charge in [0, 0.05) is 6.04 Å². The van der Waals surface area contributed by atoms with Crippen LogP contribution in [0.15, 0.2) is 24.3 Å². The van der Waals surface area contributed by atoms with E-state index in [-0.39, 0.29) is 12.1 Å². The van der Waals surface area contributed by atoms with E-state index in [4.69, 9.17) is 9.47 Å². The van der Waals surface area contributed by atoms with Gasteiger partial charge in [-0.05, 0) is 51.3 Å². The van der Waals surface area contributed by atoms with Gasteiger partial charge in [-0.1, -0.05) is 12.1 Å². The zero-order valence-corrected chi connectivity index (χ0v) is 12.6. The Labute approximate surface area is 120 Å². The molecule has 1 fully saturated rings. The Morgan fingerprint density at radius 2 is 1.90 bits per heavy atom. The maximum absolute atomic E-state index is 12.1. The van der Waals surface area contributed by atoms with Crippen LogP contribution in [0.25, 0.3) is 0 Å². The van der Waals surface area contributed by atoms with Gasteiger partial charge >= 0.3 is 5.97 Å². The summed E-state index contributed by atoms with van der Waals surface area (Å²) < 4.78 is 10.6. The van der Waals surface area contributed by atoms with Crippen LogP contribution in [-0.4, -0.2) is 25.2 Å². The number of carbonyl (C=O) groups is 1. The molecule has 4 nitrogen and oxygen atoms in total. The predicted octanol–water partition coefficient (Wildman–Crippen LogP) is 2.61. The zero-order chi connectivity index (χ0) is 14.8. The summed E-state index contributed by atoms with van der Waals surface area (Å²) in [5.41, 5.74) is 0.0964. The van der Waals surface area contributed by atoms with E-state index in [1.165, 1.54) is 7.11 Å². The van der Waals surface area contributed by atoms with Crippen LogP contribution in [-0.2, 0) is 15.1 Å². The standard InChI is InChI=1S/C16H23NO3/c1-11(2)20-14-9-5-12(6-10-14)16(3,15(18)19-4)17-13-7-8-13/h5-6,9-11,13,17H,7-8H2,1-4H3. The third kappa shape index (κ3) is 3.31. The van der Waals surface area contributed by atoms with Crippen molar-refractivity contribution in [3.63, 3.8) is 0 Å². The van der Waals surface area contributed by atoms with Crippen molar-refractivity contribution in [2.45, 2.75) is 51.3 Å². The van der Waals surface area contributed by atoms with E-state index in [0.29, 0.717) is 6.04 Å². The third-order valence-corrected chi connectivity index (χ3v) is 3.47. The molecule has 1 N–H and O–H groups in total. The normalized spacial score (nSPS) is 17.6. The highest BCUT2D eigenvalue weighted by atomic mass is 16.5. The predicted molar refractivity (Wildman–Crippen MR) is 77.7 cm³/mol. The molecule has 2 rings (SSSR count). The lowest BCUT2D eigenvalue weighted by Crippen LogP contribution is -2.48. The Kier molecular flexibility index (Phi) is 4.33. The number of hydrogen-bond donors (Lipinski definition) is 1. The molecule has 20 heavy (non-hydrogen) atoms. The second-order valence-electron chi connectivity index (χ2n) is 5.73. The molecule has 1 aliphatic carbocycles. The number of hydrogen-bond acceptors (Lipinski definition) is 4. The van der Waals surface area contributed by atoms with Gasteiger partial charge in [-0.2, -0.15) is 0 Å². The number of ether oxygens (including phenoxy) is 2. The molecule has 110 valence electrons. The molecule has 1 aromatic carbocycles. The number of rotatable bonds is 6. The summed E-state index contributed by atoms with van der Waals surface area (Å²) in [5.74, 6) is 0.546. The number of carbonyl (C=O) groups excluding carboxylic acids is 1. The fraction of sp³-hybridized carbons (Fsp3) is 0.562. The second-order valence-corrected chi connectivity index (χ2v) is 5.73. The van der Waals surface area contributed by atoms with Crippen LogP contribution in [0.2, 0.25) is 0 Å². The van der Waals surface area contributed by atoms with E-state index in [2.05, 4.69) is 5.32 Å². The van der Waals surface area contributed by atoms with Gasteiger partial charge in [0.15, 0.2) is 0 Å². The SMILES string of the molecule is COC(=O)C(C)(NC1CC1)c1ccc(OC(C)C)cc1. The summed E-state index contributed by atoms with van der Waals surface area (Å²) in [6.07, 6.45) is 2.36. The van der Waals surface area contributed by atoms with Gasteiger partial charge in [0.1, 0.15) is 11.3 Å². The van der Waals surface area contributed by atoms with Crippen LogP contribution < -0.4 is 10.1 Å². The molecule has 1 aliphatic rings. The van der Waals surface area contributed by atoms with Crippen molar-refractivity contribution in [1.29, 1.82) is 0 Å². The van der Waals surface area contributed by atoms with E-state index in [9.17, 15) is 4.79 Å². The molecule has 0 saturated heterocycles. The van der Waals surface area contributed by atoms with Crippen LogP contribution in [0, 0.1) is 0 Å². The first-order valence-corrected chi connectivity index (χ1v) is 7.09. The van der Waals surface area contributed by atoms with Crippen molar-refractivity contribution in [3.05, 3.63) is 29.8 Å². The molecule has 0 aliphatic heterocycles. The molecule has 0 heterocycles. The summed E-state index contributed by atoms with van der Waals surface area (Å²) in [6.45, 7) is 5.84. The lowest BCUT2D eigenvalue weighted by atomic mass is 9.91. The van der Waals surface area contributed by atoms with Crippen molar-refractivity contribution < 1.29 is 14.3 Å². The molecule has 0 amide bonds. The first-order valence-electron chi connectivity index (χ1n) is 7.09. The monoisotopic (exact) mass is 277 g/mol. The average Bonchev–Trinajstić information content (AvgIpc) is 3.21. The number of benzene rings is 1. The van der Waals surface area contributed by atoms with E-state index in [0.717, 1.165) is 24.2 Å². The second kappa shape index (κ2) is 5.83. The summed E-state index contributed by atoms with van der Waals surface area (Å²) in [5, 5.41) is 3.38. The molecule has 0 aromatic heterocycles. The fourth-order valence-corrected chi connectivity index (χ4v) is 2.24. The smallest absolute Gasteiger partial charge is 0.330 e. The molecule has 0 radical (unpaired) electrons. The largest absolute Gasteiger partial charge is 0.491 e. The minimum Gasteiger partial charge on any atom is -0.491 e. The van der Waals surface area contributed by atoms with Gasteiger partial charge in [0.25, 0.3) is 0 Å². The van der Waals surface area contributed by atoms with Crippen molar-refractivity contribution in [3.8, 4) is 5.75 Å². The maximum Gasteiger partial charge on any atom is 0.330 e. The lowest BCUT2D eigenvalue weighted by molar-refractivity contribution is -0.148. The molecule has 1 atom stereocenters. The molecule has 1 saturated carbocycles. The first-order chi connectivity index (χ1) is 9.45. The topological polar surface area (TPSA) is 47.6 Å². The van der Waals surface area contributed by atoms with E-state index < -0.39 is 5.54 Å². The fourth-order valence-electron chi connectivity index (χ4n) is 2.24. The van der Waals surface area contributed by atoms with Gasteiger partial charge in [-0.25, -0.2) is 4.79 Å². The summed E-state index contributed by atoms with van der Waals surface area (Å²) >= 11 is 0. The quantitative estimate of drug-likeness (QED) is 0.812. The van der Waals surface area contributed by atoms with Gasteiger partial charge in [0.2, 0.25) is 0 Å². The summed E-state index contributed by atoms with van der Waals surface area (Å²) in [7, 11) is 1.42. The number of nitrogens with one attached hydrogen (secondary N) is 1. The highest BCUT2D eigenvalue weighted by Crippen LogP contribution is 2.30. The molecule has 0 bridgehead atoms. The minimum atomic E-state index is -0.799. The summed E-state index contributed by atoms with van der Waals surface area (Å²) in [4.78, 5) is 12.1. The third-order valence-electron chi connectivity index (χ3n) is 3.47. The van der Waals surface area contributed by atoms with Gasteiger partial charge in [-0.3, -0.25) is 5.32 Å². The van der Waals surface area contributed by atoms with E-state index in [1.807, 2.05) is 45.0 Å². The number of methoxy groups -OCH3 is 1. The van der Waals surface area contributed by atoms with Crippen LogP contribution in [0.1, 0.15) is 39.2 Å². The Morgan fingerprint density at radius 1 is 1.30 bits per heavy atom. The van der Waals surface area contributed by atoms with Crippen LogP contribution in [0.5, 0.6) is 5.75 Å². The molecular formula is C16H23NO3.